The normalized spacial score (nSPS) is 11.7. The van der Waals surface area contributed by atoms with Gasteiger partial charge in [-0.05, 0) is 23.8 Å². The number of anilines is 1. The zero-order chi connectivity index (χ0) is 19.0. The molecule has 2 heterocycles. The Hall–Kier alpha value is -2.69. The van der Waals surface area contributed by atoms with E-state index < -0.39 is 15.8 Å². The number of nitrogens with zero attached hydrogens (tertiary/aromatic N) is 3. The molecule has 1 N–H and O–H groups in total. The number of oxazole rings is 1. The van der Waals surface area contributed by atoms with E-state index in [1.54, 1.807) is 18.2 Å². The van der Waals surface area contributed by atoms with Crippen molar-refractivity contribution in [1.82, 2.24) is 13.9 Å². The molecule has 0 aliphatic carbocycles. The van der Waals surface area contributed by atoms with Crippen molar-refractivity contribution in [2.45, 2.75) is 11.4 Å². The van der Waals surface area contributed by atoms with Crippen LogP contribution in [0.4, 0.5) is 5.13 Å². The number of sulfonamides is 1. The van der Waals surface area contributed by atoms with Gasteiger partial charge in [-0.25, -0.2) is 18.2 Å². The van der Waals surface area contributed by atoms with Gasteiger partial charge in [0.15, 0.2) is 5.58 Å². The molecule has 11 heteroatoms. The van der Waals surface area contributed by atoms with Crippen molar-refractivity contribution in [3.8, 4) is 0 Å². The van der Waals surface area contributed by atoms with Crippen LogP contribution in [-0.4, -0.2) is 22.3 Å². The van der Waals surface area contributed by atoms with Gasteiger partial charge in [-0.3, -0.25) is 9.29 Å². The van der Waals surface area contributed by atoms with E-state index in [2.05, 4.69) is 14.1 Å². The van der Waals surface area contributed by atoms with Gasteiger partial charge in [-0.15, -0.1) is 0 Å². The quantitative estimate of drug-likeness (QED) is 0.529. The second kappa shape index (κ2) is 6.80. The number of rotatable bonds is 5. The van der Waals surface area contributed by atoms with Gasteiger partial charge in [0, 0.05) is 22.6 Å². The molecule has 0 spiro atoms. The van der Waals surface area contributed by atoms with Gasteiger partial charge in [0.05, 0.1) is 17.0 Å². The number of aromatic nitrogens is 3. The van der Waals surface area contributed by atoms with Crippen LogP contribution in [-0.2, 0) is 16.6 Å². The summed E-state index contributed by atoms with van der Waals surface area (Å²) in [7, 11) is -3.88. The Morgan fingerprint density at radius 2 is 2.04 bits per heavy atom. The van der Waals surface area contributed by atoms with Crippen LogP contribution in [0.5, 0.6) is 0 Å². The second-order valence-corrected chi connectivity index (χ2v) is 8.40. The summed E-state index contributed by atoms with van der Waals surface area (Å²) in [5.74, 6) is -0.600. The summed E-state index contributed by atoms with van der Waals surface area (Å²) in [5, 5.41) is 0.673. The number of nitrogens with one attached hydrogen (secondary N) is 1. The summed E-state index contributed by atoms with van der Waals surface area (Å²) in [6, 6.07) is 11.4. The molecule has 0 aliphatic rings. The van der Waals surface area contributed by atoms with Crippen LogP contribution >= 0.6 is 23.1 Å². The smallest absolute Gasteiger partial charge is 0.408 e. The van der Waals surface area contributed by atoms with Gasteiger partial charge in [0.2, 0.25) is 5.13 Å². The number of benzene rings is 2. The minimum atomic E-state index is -3.88. The average Bonchev–Trinajstić information content (AvgIpc) is 3.24. The molecule has 0 saturated carbocycles. The molecule has 0 atom stereocenters. The van der Waals surface area contributed by atoms with Gasteiger partial charge < -0.3 is 4.42 Å². The van der Waals surface area contributed by atoms with Crippen LogP contribution in [0.1, 0.15) is 5.56 Å². The number of hydrogen-bond donors (Lipinski definition) is 1. The fourth-order valence-corrected chi connectivity index (χ4v) is 4.42. The van der Waals surface area contributed by atoms with E-state index in [1.807, 2.05) is 6.07 Å². The first-order valence-corrected chi connectivity index (χ1v) is 10.2. The Bertz CT molecular complexity index is 1280. The standard InChI is InChI=1S/C16H11ClN4O4S2/c17-12-4-2-1-3-10(12)8-21-13-6-5-11(7-14(13)25-16(21)22)27(23,24)20-15-18-9-19-26-15/h1-7,9H,8H2,(H,18,19,20). The van der Waals surface area contributed by atoms with Crippen molar-refractivity contribution in [2.75, 3.05) is 4.72 Å². The molecule has 0 aliphatic heterocycles. The molecular formula is C16H11ClN4O4S2. The summed E-state index contributed by atoms with van der Waals surface area (Å²) in [4.78, 5) is 16.0. The lowest BCUT2D eigenvalue weighted by Gasteiger charge is -2.06. The predicted octanol–water partition coefficient (Wildman–Crippen LogP) is 2.95. The molecule has 0 saturated heterocycles. The Labute approximate surface area is 162 Å². The van der Waals surface area contributed by atoms with Crippen LogP contribution in [0.25, 0.3) is 11.1 Å². The van der Waals surface area contributed by atoms with Crippen LogP contribution in [0.2, 0.25) is 5.02 Å². The van der Waals surface area contributed by atoms with Crippen molar-refractivity contribution in [3.63, 3.8) is 0 Å². The molecule has 4 rings (SSSR count). The summed E-state index contributed by atoms with van der Waals surface area (Å²) < 4.78 is 37.6. The lowest BCUT2D eigenvalue weighted by atomic mass is 10.2. The van der Waals surface area contributed by atoms with E-state index in [0.29, 0.717) is 10.5 Å². The maximum atomic E-state index is 12.5. The zero-order valence-electron chi connectivity index (χ0n) is 13.5. The molecule has 0 amide bonds. The molecule has 2 aromatic carbocycles. The maximum Gasteiger partial charge on any atom is 0.420 e. The highest BCUT2D eigenvalue weighted by atomic mass is 35.5. The van der Waals surface area contributed by atoms with E-state index in [4.69, 9.17) is 16.0 Å². The van der Waals surface area contributed by atoms with Gasteiger partial charge >= 0.3 is 5.76 Å². The molecule has 0 bridgehead atoms. The van der Waals surface area contributed by atoms with E-state index >= 15 is 0 Å². The Morgan fingerprint density at radius 1 is 1.22 bits per heavy atom. The first-order chi connectivity index (χ1) is 12.9. The van der Waals surface area contributed by atoms with E-state index in [0.717, 1.165) is 17.1 Å². The minimum Gasteiger partial charge on any atom is -0.408 e. The van der Waals surface area contributed by atoms with Crippen molar-refractivity contribution in [1.29, 1.82) is 0 Å². The Kier molecular flexibility index (Phi) is 4.46. The monoisotopic (exact) mass is 422 g/mol. The summed E-state index contributed by atoms with van der Waals surface area (Å²) in [5.41, 5.74) is 1.38. The predicted molar refractivity (Wildman–Crippen MR) is 102 cm³/mol. The molecular weight excluding hydrogens is 412 g/mol. The lowest BCUT2D eigenvalue weighted by molar-refractivity contribution is 0.517. The van der Waals surface area contributed by atoms with Gasteiger partial charge in [0.25, 0.3) is 10.0 Å². The third-order valence-electron chi connectivity index (χ3n) is 3.82. The lowest BCUT2D eigenvalue weighted by Crippen LogP contribution is -2.15. The van der Waals surface area contributed by atoms with Crippen LogP contribution in [0, 0.1) is 0 Å². The van der Waals surface area contributed by atoms with E-state index in [9.17, 15) is 13.2 Å². The summed E-state index contributed by atoms with van der Waals surface area (Å²) in [6.07, 6.45) is 1.25. The molecule has 0 radical (unpaired) electrons. The molecule has 2 aromatic heterocycles. The topological polar surface area (TPSA) is 107 Å². The largest absolute Gasteiger partial charge is 0.420 e. The molecule has 0 fully saturated rings. The molecule has 8 nitrogen and oxygen atoms in total. The highest BCUT2D eigenvalue weighted by Gasteiger charge is 2.19. The second-order valence-electron chi connectivity index (χ2n) is 5.53. The number of halogens is 1. The Balaban J connectivity index is 1.73. The summed E-state index contributed by atoms with van der Waals surface area (Å²) >= 11 is 7.07. The maximum absolute atomic E-state index is 12.5. The van der Waals surface area contributed by atoms with Gasteiger partial charge in [-0.1, -0.05) is 29.8 Å². The third kappa shape index (κ3) is 3.46. The molecule has 138 valence electrons. The van der Waals surface area contributed by atoms with E-state index in [-0.39, 0.29) is 22.2 Å². The fraction of sp³-hybridized carbons (Fsp3) is 0.0625. The van der Waals surface area contributed by atoms with Gasteiger partial charge in [-0.2, -0.15) is 4.37 Å². The van der Waals surface area contributed by atoms with Crippen molar-refractivity contribution in [2.24, 2.45) is 0 Å². The summed E-state index contributed by atoms with van der Waals surface area (Å²) in [6.45, 7) is 0.209. The number of hydrogen-bond acceptors (Lipinski definition) is 7. The zero-order valence-corrected chi connectivity index (χ0v) is 15.9. The van der Waals surface area contributed by atoms with E-state index in [1.165, 1.54) is 29.1 Å². The van der Waals surface area contributed by atoms with Crippen LogP contribution in [0.3, 0.4) is 0 Å². The first-order valence-electron chi connectivity index (χ1n) is 7.60. The van der Waals surface area contributed by atoms with Crippen LogP contribution < -0.4 is 10.5 Å². The fourth-order valence-electron chi connectivity index (χ4n) is 2.55. The molecule has 4 aromatic rings. The van der Waals surface area contributed by atoms with Crippen LogP contribution in [0.15, 0.2) is 62.9 Å². The van der Waals surface area contributed by atoms with Gasteiger partial charge in [0.1, 0.15) is 6.33 Å². The van der Waals surface area contributed by atoms with Crippen molar-refractivity contribution in [3.05, 3.63) is 69.9 Å². The number of fused-ring (bicyclic) bond motifs is 1. The minimum absolute atomic E-state index is 0.0520. The average molecular weight is 423 g/mol. The molecule has 27 heavy (non-hydrogen) atoms. The highest BCUT2D eigenvalue weighted by Crippen LogP contribution is 2.23. The third-order valence-corrected chi connectivity index (χ3v) is 6.23. The highest BCUT2D eigenvalue weighted by molar-refractivity contribution is 7.93. The SMILES string of the molecule is O=c1oc2cc(S(=O)(=O)Nc3ncns3)ccc2n1Cc1ccccc1Cl. The first kappa shape index (κ1) is 17.7. The van der Waals surface area contributed by atoms with Crippen molar-refractivity contribution >= 4 is 49.4 Å². The Morgan fingerprint density at radius 3 is 2.78 bits per heavy atom. The molecule has 0 unspecified atom stereocenters. The van der Waals surface area contributed by atoms with Crippen molar-refractivity contribution < 1.29 is 12.8 Å².